The van der Waals surface area contributed by atoms with E-state index in [1.54, 1.807) is 24.5 Å². The molecule has 1 aromatic carbocycles. The third-order valence-electron chi connectivity index (χ3n) is 4.27. The monoisotopic (exact) mass is 363 g/mol. The highest BCUT2D eigenvalue weighted by atomic mass is 19.4. The molecule has 3 rings (SSSR count). The maximum atomic E-state index is 12.6. The first-order valence-corrected chi connectivity index (χ1v) is 7.97. The van der Waals surface area contributed by atoms with Crippen molar-refractivity contribution in [1.82, 2.24) is 10.3 Å². The van der Waals surface area contributed by atoms with Crippen molar-refractivity contribution in [2.24, 2.45) is 5.41 Å². The summed E-state index contributed by atoms with van der Waals surface area (Å²) in [6.07, 6.45) is -0.406. The maximum absolute atomic E-state index is 12.6. The minimum Gasteiger partial charge on any atom is -0.351 e. The van der Waals surface area contributed by atoms with Gasteiger partial charge in [-0.15, -0.1) is 0 Å². The van der Waals surface area contributed by atoms with Gasteiger partial charge < -0.3 is 10.6 Å². The molecule has 0 atom stereocenters. The number of alkyl halides is 3. The van der Waals surface area contributed by atoms with E-state index >= 15 is 0 Å². The zero-order chi connectivity index (χ0) is 18.8. The largest absolute Gasteiger partial charge is 0.416 e. The Morgan fingerprint density at radius 1 is 1.08 bits per heavy atom. The molecular formula is C18H16F3N3O2. The van der Waals surface area contributed by atoms with Crippen LogP contribution < -0.4 is 10.6 Å². The van der Waals surface area contributed by atoms with Crippen LogP contribution in [0.2, 0.25) is 0 Å². The van der Waals surface area contributed by atoms with E-state index in [2.05, 4.69) is 15.6 Å². The summed E-state index contributed by atoms with van der Waals surface area (Å²) >= 11 is 0. The smallest absolute Gasteiger partial charge is 0.351 e. The van der Waals surface area contributed by atoms with E-state index in [0.717, 1.165) is 17.7 Å². The minimum atomic E-state index is -4.44. The first-order chi connectivity index (χ1) is 12.3. The van der Waals surface area contributed by atoms with E-state index in [1.165, 1.54) is 12.1 Å². The van der Waals surface area contributed by atoms with Crippen molar-refractivity contribution in [3.8, 4) is 0 Å². The average Bonchev–Trinajstić information content (AvgIpc) is 3.42. The molecule has 0 radical (unpaired) electrons. The number of carbonyl (C=O) groups excluding carboxylic acids is 2. The lowest BCUT2D eigenvalue weighted by Gasteiger charge is -2.16. The van der Waals surface area contributed by atoms with Crippen molar-refractivity contribution < 1.29 is 22.8 Å². The first kappa shape index (κ1) is 17.9. The third-order valence-corrected chi connectivity index (χ3v) is 4.27. The number of benzene rings is 1. The van der Waals surface area contributed by atoms with Crippen LogP contribution in [0.5, 0.6) is 0 Å². The minimum absolute atomic E-state index is 0.217. The predicted molar refractivity (Wildman–Crippen MR) is 87.8 cm³/mol. The molecule has 0 aliphatic heterocycles. The molecule has 5 nitrogen and oxygen atoms in total. The molecule has 2 aromatic rings. The highest BCUT2D eigenvalue weighted by Crippen LogP contribution is 2.47. The summed E-state index contributed by atoms with van der Waals surface area (Å²) in [6.45, 7) is 0.252. The van der Waals surface area contributed by atoms with E-state index in [1.807, 2.05) is 0 Å². The van der Waals surface area contributed by atoms with Crippen molar-refractivity contribution >= 4 is 17.5 Å². The van der Waals surface area contributed by atoms with E-state index in [-0.39, 0.29) is 12.2 Å². The van der Waals surface area contributed by atoms with Gasteiger partial charge in [0.05, 0.1) is 5.56 Å². The fourth-order valence-electron chi connectivity index (χ4n) is 2.53. The second-order valence-electron chi connectivity index (χ2n) is 6.16. The van der Waals surface area contributed by atoms with Crippen LogP contribution in [0.4, 0.5) is 18.9 Å². The first-order valence-electron chi connectivity index (χ1n) is 7.97. The fraction of sp³-hybridized carbons (Fsp3) is 0.278. The molecule has 0 spiro atoms. The summed E-state index contributed by atoms with van der Waals surface area (Å²) in [5, 5.41) is 5.23. The Morgan fingerprint density at radius 3 is 2.31 bits per heavy atom. The summed E-state index contributed by atoms with van der Waals surface area (Å²) < 4.78 is 37.7. The van der Waals surface area contributed by atoms with Crippen molar-refractivity contribution in [3.63, 3.8) is 0 Å². The highest BCUT2D eigenvalue weighted by Gasteiger charge is 2.56. The zero-order valence-electron chi connectivity index (χ0n) is 13.6. The van der Waals surface area contributed by atoms with Crippen molar-refractivity contribution in [3.05, 3.63) is 59.9 Å². The molecule has 26 heavy (non-hydrogen) atoms. The quantitative estimate of drug-likeness (QED) is 0.802. The van der Waals surface area contributed by atoms with Crippen LogP contribution in [0.25, 0.3) is 0 Å². The molecule has 1 saturated carbocycles. The van der Waals surface area contributed by atoms with Gasteiger partial charge in [-0.3, -0.25) is 14.6 Å². The molecule has 136 valence electrons. The Hall–Kier alpha value is -2.90. The predicted octanol–water partition coefficient (Wildman–Crippen LogP) is 3.14. The summed E-state index contributed by atoms with van der Waals surface area (Å²) in [5.74, 6) is -0.910. The summed E-state index contributed by atoms with van der Waals surface area (Å²) in [4.78, 5) is 28.7. The van der Waals surface area contributed by atoms with Gasteiger partial charge in [-0.2, -0.15) is 13.2 Å². The van der Waals surface area contributed by atoms with E-state index in [0.29, 0.717) is 12.8 Å². The number of anilines is 1. The standard InChI is InChI=1S/C18H16F3N3O2/c19-18(20,21)13-3-5-14(6-4-13)24-16(26)17(7-8-17)15(25)23-11-12-2-1-9-22-10-12/h1-6,9-10H,7-8,11H2,(H,23,25)(H,24,26). The van der Waals surface area contributed by atoms with Crippen LogP contribution in [0.3, 0.4) is 0 Å². The zero-order valence-corrected chi connectivity index (χ0v) is 13.6. The normalized spacial score (nSPS) is 15.2. The number of amides is 2. The lowest BCUT2D eigenvalue weighted by Crippen LogP contribution is -2.39. The lowest BCUT2D eigenvalue weighted by molar-refractivity contribution is -0.137. The number of nitrogens with one attached hydrogen (secondary N) is 2. The Labute approximate surface area is 147 Å². The molecule has 8 heteroatoms. The van der Waals surface area contributed by atoms with Gasteiger partial charge in [0.2, 0.25) is 11.8 Å². The second-order valence-corrected chi connectivity index (χ2v) is 6.16. The topological polar surface area (TPSA) is 71.1 Å². The third kappa shape index (κ3) is 3.84. The molecule has 1 fully saturated rings. The van der Waals surface area contributed by atoms with Crippen LogP contribution in [-0.2, 0) is 22.3 Å². The molecule has 2 amide bonds. The summed E-state index contributed by atoms with van der Waals surface area (Å²) in [6, 6.07) is 7.66. The van der Waals surface area contributed by atoms with Crippen molar-refractivity contribution in [2.45, 2.75) is 25.6 Å². The van der Waals surface area contributed by atoms with Gasteiger partial charge in [-0.1, -0.05) is 6.07 Å². The van der Waals surface area contributed by atoms with E-state index < -0.39 is 29.0 Å². The Balaban J connectivity index is 1.61. The Kier molecular flexibility index (Phi) is 4.67. The number of hydrogen-bond acceptors (Lipinski definition) is 3. The molecule has 1 aliphatic rings. The van der Waals surface area contributed by atoms with Crippen LogP contribution in [0.15, 0.2) is 48.8 Å². The van der Waals surface area contributed by atoms with Crippen LogP contribution in [0, 0.1) is 5.41 Å². The number of nitrogens with zero attached hydrogens (tertiary/aromatic N) is 1. The van der Waals surface area contributed by atoms with Crippen molar-refractivity contribution in [2.75, 3.05) is 5.32 Å². The molecule has 0 unspecified atom stereocenters. The van der Waals surface area contributed by atoms with Gasteiger partial charge in [0, 0.05) is 24.6 Å². The van der Waals surface area contributed by atoms with Crippen LogP contribution in [-0.4, -0.2) is 16.8 Å². The average molecular weight is 363 g/mol. The summed E-state index contributed by atoms with van der Waals surface area (Å²) in [5.41, 5.74) is -0.940. The van der Waals surface area contributed by atoms with Crippen LogP contribution >= 0.6 is 0 Å². The maximum Gasteiger partial charge on any atom is 0.416 e. The number of pyridine rings is 1. The number of halogens is 3. The molecular weight excluding hydrogens is 347 g/mol. The van der Waals surface area contributed by atoms with Gasteiger partial charge in [-0.25, -0.2) is 0 Å². The molecule has 0 saturated heterocycles. The van der Waals surface area contributed by atoms with Crippen LogP contribution in [0.1, 0.15) is 24.0 Å². The van der Waals surface area contributed by atoms with E-state index in [4.69, 9.17) is 0 Å². The Bertz CT molecular complexity index is 801. The molecule has 0 bridgehead atoms. The molecule has 1 aromatic heterocycles. The van der Waals surface area contributed by atoms with E-state index in [9.17, 15) is 22.8 Å². The van der Waals surface area contributed by atoms with Gasteiger partial charge in [0.15, 0.2) is 0 Å². The summed E-state index contributed by atoms with van der Waals surface area (Å²) in [7, 11) is 0. The molecule has 2 N–H and O–H groups in total. The van der Waals surface area contributed by atoms with Gasteiger partial charge in [0.1, 0.15) is 5.41 Å². The number of aromatic nitrogens is 1. The fourth-order valence-corrected chi connectivity index (χ4v) is 2.53. The second kappa shape index (κ2) is 6.78. The van der Waals surface area contributed by atoms with Gasteiger partial charge in [0.25, 0.3) is 0 Å². The van der Waals surface area contributed by atoms with Crippen molar-refractivity contribution in [1.29, 1.82) is 0 Å². The lowest BCUT2D eigenvalue weighted by atomic mass is 10.0. The number of rotatable bonds is 5. The SMILES string of the molecule is O=C(NCc1cccnc1)C1(C(=O)Nc2ccc(C(F)(F)F)cc2)CC1. The number of hydrogen-bond donors (Lipinski definition) is 2. The van der Waals surface area contributed by atoms with Gasteiger partial charge in [-0.05, 0) is 48.7 Å². The molecule has 1 aliphatic carbocycles. The molecule has 1 heterocycles. The van der Waals surface area contributed by atoms with Gasteiger partial charge >= 0.3 is 6.18 Å². The number of carbonyl (C=O) groups is 2. The Morgan fingerprint density at radius 2 is 1.77 bits per heavy atom. The highest BCUT2D eigenvalue weighted by molar-refractivity contribution is 6.13.